The van der Waals surface area contributed by atoms with Crippen molar-refractivity contribution in [3.05, 3.63) is 33.8 Å². The van der Waals surface area contributed by atoms with Crippen molar-refractivity contribution in [2.75, 3.05) is 19.6 Å². The van der Waals surface area contributed by atoms with Gasteiger partial charge >= 0.3 is 0 Å². The fraction of sp³-hybridized carbons (Fsp3) is 0.625. The molecule has 3 unspecified atom stereocenters. The molecule has 1 heterocycles. The first-order chi connectivity index (χ1) is 9.45. The lowest BCUT2D eigenvalue weighted by atomic mass is 9.91. The van der Waals surface area contributed by atoms with Gasteiger partial charge in [0.25, 0.3) is 0 Å². The Labute approximate surface area is 131 Å². The summed E-state index contributed by atoms with van der Waals surface area (Å²) in [5.41, 5.74) is 0.734. The molecule has 0 spiro atoms. The zero-order valence-electron chi connectivity index (χ0n) is 12.1. The van der Waals surface area contributed by atoms with Gasteiger partial charge in [0.1, 0.15) is 0 Å². The summed E-state index contributed by atoms with van der Waals surface area (Å²) in [6, 6.07) is 5.25. The number of aliphatic hydroxyl groups excluding tert-OH is 1. The van der Waals surface area contributed by atoms with Crippen LogP contribution < -0.4 is 0 Å². The molecule has 1 N–H and O–H groups in total. The van der Waals surface area contributed by atoms with Crippen molar-refractivity contribution in [3.8, 4) is 0 Å². The van der Waals surface area contributed by atoms with Crippen LogP contribution in [0.1, 0.15) is 38.4 Å². The molecule has 0 aliphatic carbocycles. The maximum Gasteiger partial charge on any atom is 0.0817 e. The molecule has 1 saturated heterocycles. The van der Waals surface area contributed by atoms with Crippen LogP contribution in [-0.2, 0) is 0 Å². The number of rotatable bonds is 4. The lowest BCUT2D eigenvalue weighted by molar-refractivity contribution is 0.103. The zero-order chi connectivity index (χ0) is 14.7. The molecule has 0 bridgehead atoms. The van der Waals surface area contributed by atoms with Crippen molar-refractivity contribution < 1.29 is 5.11 Å². The van der Waals surface area contributed by atoms with Gasteiger partial charge in [-0.1, -0.05) is 37.0 Å². The fourth-order valence-corrected chi connectivity index (χ4v) is 3.63. The molecule has 2 nitrogen and oxygen atoms in total. The van der Waals surface area contributed by atoms with E-state index in [1.165, 1.54) is 6.42 Å². The minimum atomic E-state index is -0.547. The van der Waals surface area contributed by atoms with E-state index in [1.807, 2.05) is 0 Å². The highest BCUT2D eigenvalue weighted by atomic mass is 35.5. The van der Waals surface area contributed by atoms with Gasteiger partial charge in [0, 0.05) is 35.2 Å². The molecular formula is C16H23Cl2NO. The molecule has 0 saturated carbocycles. The van der Waals surface area contributed by atoms with Gasteiger partial charge in [-0.3, -0.25) is 0 Å². The van der Waals surface area contributed by atoms with Gasteiger partial charge in [0.15, 0.2) is 0 Å². The second-order valence-electron chi connectivity index (χ2n) is 6.18. The molecule has 0 amide bonds. The van der Waals surface area contributed by atoms with E-state index in [1.54, 1.807) is 18.2 Å². The molecule has 2 rings (SSSR count). The van der Waals surface area contributed by atoms with Crippen LogP contribution in [0.5, 0.6) is 0 Å². The van der Waals surface area contributed by atoms with E-state index in [0.717, 1.165) is 37.0 Å². The number of benzene rings is 1. The number of halogens is 2. The van der Waals surface area contributed by atoms with Crippen LogP contribution in [0, 0.1) is 11.8 Å². The predicted octanol–water partition coefficient (Wildman–Crippen LogP) is 4.39. The Balaban J connectivity index is 1.91. The monoisotopic (exact) mass is 315 g/mol. The molecule has 1 fully saturated rings. The van der Waals surface area contributed by atoms with E-state index >= 15 is 0 Å². The minimum Gasteiger partial charge on any atom is -0.388 e. The highest BCUT2D eigenvalue weighted by Gasteiger charge is 2.22. The maximum atomic E-state index is 10.3. The lowest BCUT2D eigenvalue weighted by Crippen LogP contribution is -2.39. The van der Waals surface area contributed by atoms with Crippen molar-refractivity contribution in [2.24, 2.45) is 11.8 Å². The highest BCUT2D eigenvalue weighted by Crippen LogP contribution is 2.29. The van der Waals surface area contributed by atoms with Crippen LogP contribution in [0.2, 0.25) is 10.0 Å². The molecule has 1 aromatic rings. The molecule has 1 aliphatic heterocycles. The number of aliphatic hydroxyl groups is 1. The van der Waals surface area contributed by atoms with Crippen LogP contribution in [0.15, 0.2) is 18.2 Å². The summed E-state index contributed by atoms with van der Waals surface area (Å²) < 4.78 is 0. The smallest absolute Gasteiger partial charge is 0.0817 e. The average molecular weight is 316 g/mol. The van der Waals surface area contributed by atoms with Crippen LogP contribution in [0.25, 0.3) is 0 Å². The first kappa shape index (κ1) is 16.1. The Morgan fingerprint density at radius 2 is 1.90 bits per heavy atom. The highest BCUT2D eigenvalue weighted by molar-refractivity contribution is 6.33. The number of hydrogen-bond donors (Lipinski definition) is 1. The Bertz CT molecular complexity index is 442. The van der Waals surface area contributed by atoms with E-state index in [9.17, 15) is 5.11 Å². The van der Waals surface area contributed by atoms with Gasteiger partial charge in [-0.25, -0.2) is 0 Å². The van der Waals surface area contributed by atoms with E-state index in [-0.39, 0.29) is 0 Å². The summed E-state index contributed by atoms with van der Waals surface area (Å²) in [5.74, 6) is 1.48. The molecule has 0 aromatic heterocycles. The van der Waals surface area contributed by atoms with Crippen LogP contribution >= 0.6 is 23.2 Å². The number of likely N-dealkylation sites (tertiary alicyclic amines) is 1. The van der Waals surface area contributed by atoms with Crippen molar-refractivity contribution in [2.45, 2.75) is 32.8 Å². The molecule has 0 radical (unpaired) electrons. The third kappa shape index (κ3) is 4.36. The summed E-state index contributed by atoms with van der Waals surface area (Å²) in [6.45, 7) is 7.75. The first-order valence-corrected chi connectivity index (χ1v) is 8.06. The van der Waals surface area contributed by atoms with Crippen molar-refractivity contribution in [1.29, 1.82) is 0 Å². The number of piperidine rings is 1. The Hall–Kier alpha value is -0.280. The molecule has 1 aromatic carbocycles. The summed E-state index contributed by atoms with van der Waals surface area (Å²) in [7, 11) is 0. The molecule has 4 heteroatoms. The number of nitrogens with zero attached hydrogens (tertiary/aromatic N) is 1. The van der Waals surface area contributed by atoms with Crippen LogP contribution in [0.4, 0.5) is 0 Å². The van der Waals surface area contributed by atoms with E-state index in [4.69, 9.17) is 23.2 Å². The van der Waals surface area contributed by atoms with Gasteiger partial charge < -0.3 is 10.0 Å². The minimum absolute atomic E-state index is 0.547. The Morgan fingerprint density at radius 1 is 1.25 bits per heavy atom. The van der Waals surface area contributed by atoms with Crippen molar-refractivity contribution >= 4 is 23.2 Å². The van der Waals surface area contributed by atoms with Crippen molar-refractivity contribution in [3.63, 3.8) is 0 Å². The first-order valence-electron chi connectivity index (χ1n) is 7.31. The van der Waals surface area contributed by atoms with Gasteiger partial charge in [0.2, 0.25) is 0 Å². The zero-order valence-corrected chi connectivity index (χ0v) is 13.7. The second kappa shape index (κ2) is 7.13. The van der Waals surface area contributed by atoms with E-state index in [2.05, 4.69) is 18.7 Å². The largest absolute Gasteiger partial charge is 0.388 e. The average Bonchev–Trinajstić information content (AvgIpc) is 2.38. The van der Waals surface area contributed by atoms with Gasteiger partial charge in [-0.2, -0.15) is 0 Å². The third-order valence-corrected chi connectivity index (χ3v) is 4.56. The van der Waals surface area contributed by atoms with E-state index in [0.29, 0.717) is 16.5 Å². The van der Waals surface area contributed by atoms with Gasteiger partial charge in [-0.05, 0) is 42.9 Å². The summed E-state index contributed by atoms with van der Waals surface area (Å²) in [5, 5.41) is 11.5. The van der Waals surface area contributed by atoms with Crippen molar-refractivity contribution in [1.82, 2.24) is 4.90 Å². The topological polar surface area (TPSA) is 23.5 Å². The second-order valence-corrected chi connectivity index (χ2v) is 7.02. The SMILES string of the molecule is CC1CC(C)CN(CCC(O)c2cc(Cl)ccc2Cl)C1. The van der Waals surface area contributed by atoms with Gasteiger partial charge in [-0.15, -0.1) is 0 Å². The summed E-state index contributed by atoms with van der Waals surface area (Å²) >= 11 is 12.1. The van der Waals surface area contributed by atoms with E-state index < -0.39 is 6.10 Å². The Kier molecular flexibility index (Phi) is 5.74. The third-order valence-electron chi connectivity index (χ3n) is 3.98. The lowest BCUT2D eigenvalue weighted by Gasteiger charge is -2.35. The fourth-order valence-electron chi connectivity index (χ4n) is 3.20. The number of hydrogen-bond acceptors (Lipinski definition) is 2. The molecule has 1 aliphatic rings. The predicted molar refractivity (Wildman–Crippen MR) is 85.4 cm³/mol. The standard InChI is InChI=1S/C16H23Cl2NO/c1-11-7-12(2)10-19(9-11)6-5-16(20)14-8-13(17)3-4-15(14)18/h3-4,8,11-12,16,20H,5-7,9-10H2,1-2H3. The molecule has 3 atom stereocenters. The molecule has 112 valence electrons. The quantitative estimate of drug-likeness (QED) is 0.890. The van der Waals surface area contributed by atoms with Gasteiger partial charge in [0.05, 0.1) is 6.10 Å². The van der Waals surface area contributed by atoms with Crippen LogP contribution in [-0.4, -0.2) is 29.6 Å². The molecule has 20 heavy (non-hydrogen) atoms. The van der Waals surface area contributed by atoms with Crippen LogP contribution in [0.3, 0.4) is 0 Å². The maximum absolute atomic E-state index is 10.3. The normalized spacial score (nSPS) is 25.6. The summed E-state index contributed by atoms with van der Waals surface area (Å²) in [4.78, 5) is 2.44. The molecular weight excluding hydrogens is 293 g/mol. The summed E-state index contributed by atoms with van der Waals surface area (Å²) in [6.07, 6.45) is 1.45. The Morgan fingerprint density at radius 3 is 2.55 bits per heavy atom.